The molecule has 4 aliphatic carbocycles. The van der Waals surface area contributed by atoms with E-state index in [1.165, 1.54) is 25.3 Å². The third kappa shape index (κ3) is 2.55. The van der Waals surface area contributed by atoms with Gasteiger partial charge >= 0.3 is 11.6 Å². The molecule has 0 saturated heterocycles. The Kier molecular flexibility index (Phi) is 3.25. The molecule has 0 spiro atoms. The molecule has 6 rings (SSSR count). The van der Waals surface area contributed by atoms with E-state index in [-0.39, 0.29) is 15.7 Å². The second kappa shape index (κ2) is 5.19. The van der Waals surface area contributed by atoms with Gasteiger partial charge in [-0.05, 0) is 68.6 Å². The molecule has 0 aliphatic heterocycles. The molecule has 4 fully saturated rings. The van der Waals surface area contributed by atoms with Gasteiger partial charge in [-0.25, -0.2) is 4.79 Å². The SMILES string of the molecule is O=C(Oc1ccc2ccc(=O)oc2c1)C12C[C@@H]3C[C@@H](CC(Br)(C3)C1)C2. The van der Waals surface area contributed by atoms with Gasteiger partial charge in [-0.15, -0.1) is 0 Å². The van der Waals surface area contributed by atoms with Crippen molar-refractivity contribution in [1.29, 1.82) is 0 Å². The summed E-state index contributed by atoms with van der Waals surface area (Å²) in [5.74, 6) is 1.58. The molecule has 0 amide bonds. The molecule has 0 radical (unpaired) electrons. The minimum Gasteiger partial charge on any atom is -0.426 e. The molecule has 4 atom stereocenters. The predicted molar refractivity (Wildman–Crippen MR) is 96.9 cm³/mol. The van der Waals surface area contributed by atoms with Gasteiger partial charge in [0.2, 0.25) is 0 Å². The lowest BCUT2D eigenvalue weighted by atomic mass is 9.49. The van der Waals surface area contributed by atoms with Crippen molar-refractivity contribution in [2.24, 2.45) is 17.3 Å². The van der Waals surface area contributed by atoms with Crippen LogP contribution >= 0.6 is 15.9 Å². The van der Waals surface area contributed by atoms with E-state index >= 15 is 0 Å². The van der Waals surface area contributed by atoms with E-state index in [4.69, 9.17) is 9.15 Å². The van der Waals surface area contributed by atoms with Crippen LogP contribution in [-0.4, -0.2) is 10.3 Å². The molecule has 1 heterocycles. The highest BCUT2D eigenvalue weighted by Crippen LogP contribution is 2.64. The largest absolute Gasteiger partial charge is 0.426 e. The lowest BCUT2D eigenvalue weighted by molar-refractivity contribution is -0.159. The van der Waals surface area contributed by atoms with Gasteiger partial charge in [-0.2, -0.15) is 0 Å². The van der Waals surface area contributed by atoms with Gasteiger partial charge in [0.1, 0.15) is 11.3 Å². The van der Waals surface area contributed by atoms with Crippen LogP contribution in [0.3, 0.4) is 0 Å². The maximum Gasteiger partial charge on any atom is 0.336 e. The van der Waals surface area contributed by atoms with Gasteiger partial charge in [-0.3, -0.25) is 4.79 Å². The Morgan fingerprint density at radius 1 is 1.12 bits per heavy atom. The van der Waals surface area contributed by atoms with Crippen LogP contribution in [0.2, 0.25) is 0 Å². The first-order valence-corrected chi connectivity index (χ1v) is 9.68. The highest BCUT2D eigenvalue weighted by molar-refractivity contribution is 9.10. The van der Waals surface area contributed by atoms with Crippen LogP contribution < -0.4 is 10.4 Å². The molecule has 2 unspecified atom stereocenters. The molecular weight excluding hydrogens is 384 g/mol. The second-order valence-electron chi connectivity index (χ2n) is 8.24. The number of carbonyl (C=O) groups is 1. The van der Waals surface area contributed by atoms with Crippen molar-refractivity contribution >= 4 is 32.9 Å². The number of hydrogen-bond acceptors (Lipinski definition) is 4. The Labute approximate surface area is 153 Å². The van der Waals surface area contributed by atoms with E-state index in [0.29, 0.717) is 23.2 Å². The molecule has 1 aromatic heterocycles. The van der Waals surface area contributed by atoms with Crippen molar-refractivity contribution in [2.75, 3.05) is 0 Å². The van der Waals surface area contributed by atoms with Gasteiger partial charge in [-0.1, -0.05) is 15.9 Å². The number of benzene rings is 1. The zero-order chi connectivity index (χ0) is 17.2. The van der Waals surface area contributed by atoms with Crippen molar-refractivity contribution in [3.05, 3.63) is 40.8 Å². The molecule has 4 saturated carbocycles. The van der Waals surface area contributed by atoms with E-state index in [1.807, 2.05) is 6.07 Å². The summed E-state index contributed by atoms with van der Waals surface area (Å²) in [5, 5.41) is 0.814. The van der Waals surface area contributed by atoms with Crippen LogP contribution in [-0.2, 0) is 4.79 Å². The minimum absolute atomic E-state index is 0.117. The van der Waals surface area contributed by atoms with Crippen LogP contribution in [0.1, 0.15) is 38.5 Å². The highest BCUT2D eigenvalue weighted by Gasteiger charge is 2.60. The average molecular weight is 403 g/mol. The number of hydrogen-bond donors (Lipinski definition) is 0. The number of rotatable bonds is 2. The van der Waals surface area contributed by atoms with Gasteiger partial charge < -0.3 is 9.15 Å². The van der Waals surface area contributed by atoms with Gasteiger partial charge in [0.25, 0.3) is 0 Å². The molecule has 5 heteroatoms. The number of esters is 1. The molecular formula is C20H19BrO4. The summed E-state index contributed by atoms with van der Waals surface area (Å²) in [6, 6.07) is 8.32. The predicted octanol–water partition coefficient (Wildman–Crippen LogP) is 4.43. The smallest absolute Gasteiger partial charge is 0.336 e. The first kappa shape index (κ1) is 15.6. The number of halogens is 1. The van der Waals surface area contributed by atoms with E-state index in [9.17, 15) is 9.59 Å². The van der Waals surface area contributed by atoms with Crippen molar-refractivity contribution in [3.8, 4) is 5.75 Å². The number of carbonyl (C=O) groups excluding carboxylic acids is 1. The average Bonchev–Trinajstić information content (AvgIpc) is 2.52. The number of ether oxygens (including phenoxy) is 1. The van der Waals surface area contributed by atoms with Crippen molar-refractivity contribution in [3.63, 3.8) is 0 Å². The highest BCUT2D eigenvalue weighted by atomic mass is 79.9. The van der Waals surface area contributed by atoms with Gasteiger partial charge in [0.05, 0.1) is 5.41 Å². The lowest BCUT2D eigenvalue weighted by Crippen LogP contribution is -2.56. The summed E-state index contributed by atoms with van der Waals surface area (Å²) in [5.41, 5.74) is -0.321. The Morgan fingerprint density at radius 3 is 2.56 bits per heavy atom. The zero-order valence-electron chi connectivity index (χ0n) is 13.8. The maximum atomic E-state index is 13.1. The number of fused-ring (bicyclic) bond motifs is 1. The molecule has 0 N–H and O–H groups in total. The summed E-state index contributed by atoms with van der Waals surface area (Å²) < 4.78 is 11.1. The topological polar surface area (TPSA) is 56.5 Å². The quantitative estimate of drug-likeness (QED) is 0.322. The van der Waals surface area contributed by atoms with Crippen LogP contribution in [0.5, 0.6) is 5.75 Å². The molecule has 4 aliphatic rings. The van der Waals surface area contributed by atoms with E-state index in [2.05, 4.69) is 15.9 Å². The standard InChI is InChI=1S/C20H19BrO4/c21-20-9-12-5-13(10-20)8-19(7-12,11-20)18(23)24-15-3-1-14-2-4-17(22)25-16(14)6-15/h1-4,6,12-13H,5,7-11H2/t12-,13+,19?,20?. The van der Waals surface area contributed by atoms with Crippen LogP contribution in [0.15, 0.2) is 39.5 Å². The van der Waals surface area contributed by atoms with Crippen LogP contribution in [0, 0.1) is 17.3 Å². The van der Waals surface area contributed by atoms with Crippen molar-refractivity contribution in [2.45, 2.75) is 42.8 Å². The van der Waals surface area contributed by atoms with E-state index in [1.54, 1.807) is 18.2 Å². The van der Waals surface area contributed by atoms with Crippen molar-refractivity contribution in [1.82, 2.24) is 0 Å². The van der Waals surface area contributed by atoms with E-state index in [0.717, 1.165) is 24.6 Å². The van der Waals surface area contributed by atoms with Gasteiger partial charge in [0, 0.05) is 21.8 Å². The first-order valence-electron chi connectivity index (χ1n) is 8.88. The summed E-state index contributed by atoms with van der Waals surface area (Å²) in [6.07, 6.45) is 6.37. The van der Waals surface area contributed by atoms with E-state index < -0.39 is 5.63 Å². The molecule has 4 nitrogen and oxygen atoms in total. The van der Waals surface area contributed by atoms with Crippen molar-refractivity contribution < 1.29 is 13.9 Å². The molecule has 2 aromatic rings. The molecule has 25 heavy (non-hydrogen) atoms. The summed E-state index contributed by atoms with van der Waals surface area (Å²) in [6.45, 7) is 0. The lowest BCUT2D eigenvalue weighted by Gasteiger charge is -2.58. The summed E-state index contributed by atoms with van der Waals surface area (Å²) in [4.78, 5) is 24.5. The van der Waals surface area contributed by atoms with Crippen LogP contribution in [0.4, 0.5) is 0 Å². The Balaban J connectivity index is 1.44. The fourth-order valence-electron chi connectivity index (χ4n) is 5.71. The molecule has 1 aromatic carbocycles. The molecule has 4 bridgehead atoms. The third-order valence-electron chi connectivity index (χ3n) is 6.23. The Bertz CT molecular complexity index is 917. The minimum atomic E-state index is -0.404. The molecule has 130 valence electrons. The summed E-state index contributed by atoms with van der Waals surface area (Å²) >= 11 is 3.93. The van der Waals surface area contributed by atoms with Crippen LogP contribution in [0.25, 0.3) is 11.0 Å². The Morgan fingerprint density at radius 2 is 1.84 bits per heavy atom. The Hall–Kier alpha value is -1.62. The fraction of sp³-hybridized carbons (Fsp3) is 0.500. The zero-order valence-corrected chi connectivity index (χ0v) is 15.4. The number of alkyl halides is 1. The monoisotopic (exact) mass is 402 g/mol. The maximum absolute atomic E-state index is 13.1. The third-order valence-corrected chi connectivity index (χ3v) is 7.16. The second-order valence-corrected chi connectivity index (χ2v) is 9.92. The summed E-state index contributed by atoms with van der Waals surface area (Å²) in [7, 11) is 0. The van der Waals surface area contributed by atoms with Gasteiger partial charge in [0.15, 0.2) is 0 Å². The normalized spacial score (nSPS) is 35.9. The first-order chi connectivity index (χ1) is 11.9. The fourth-order valence-corrected chi connectivity index (χ4v) is 7.16.